The van der Waals surface area contributed by atoms with Crippen LogP contribution in [0.4, 0.5) is 0 Å². The van der Waals surface area contributed by atoms with Gasteiger partial charge in [-0.2, -0.15) is 0 Å². The highest BCUT2D eigenvalue weighted by atomic mass is 35.5. The minimum absolute atomic E-state index is 0.201. The van der Waals surface area contributed by atoms with Crippen molar-refractivity contribution in [1.29, 1.82) is 0 Å². The van der Waals surface area contributed by atoms with Crippen LogP contribution in [-0.2, 0) is 21.2 Å². The molecule has 19 heavy (non-hydrogen) atoms. The number of hydrogen-bond donors (Lipinski definition) is 1. The van der Waals surface area contributed by atoms with Crippen molar-refractivity contribution >= 4 is 27.3 Å². The molecule has 0 aliphatic carbocycles. The summed E-state index contributed by atoms with van der Waals surface area (Å²) in [6.07, 6.45) is 1.27. The van der Waals surface area contributed by atoms with Crippen molar-refractivity contribution in [2.24, 2.45) is 0 Å². The van der Waals surface area contributed by atoms with Crippen molar-refractivity contribution in [1.82, 2.24) is 5.32 Å². The lowest BCUT2D eigenvalue weighted by atomic mass is 10.2. The van der Waals surface area contributed by atoms with Crippen molar-refractivity contribution < 1.29 is 13.2 Å². The maximum Gasteiger partial charge on any atom is 0.238 e. The first-order valence-electron chi connectivity index (χ1n) is 5.72. The Morgan fingerprint density at radius 2 is 2.11 bits per heavy atom. The van der Waals surface area contributed by atoms with E-state index in [0.717, 1.165) is 5.56 Å². The van der Waals surface area contributed by atoms with E-state index in [9.17, 15) is 13.2 Å². The van der Waals surface area contributed by atoms with Gasteiger partial charge in [0, 0.05) is 11.6 Å². The van der Waals surface area contributed by atoms with Crippen LogP contribution in [0.25, 0.3) is 0 Å². The highest BCUT2D eigenvalue weighted by Crippen LogP contribution is 2.14. The highest BCUT2D eigenvalue weighted by Gasteiger charge is 2.26. The van der Waals surface area contributed by atoms with Gasteiger partial charge in [-0.25, -0.2) is 8.42 Å². The molecule has 0 aliphatic rings. The van der Waals surface area contributed by atoms with E-state index in [0.29, 0.717) is 5.02 Å². The second kappa shape index (κ2) is 6.73. The molecule has 1 aromatic carbocycles. The average Bonchev–Trinajstić information content (AvgIpc) is 2.36. The first-order chi connectivity index (χ1) is 8.88. The van der Waals surface area contributed by atoms with Gasteiger partial charge in [-0.1, -0.05) is 35.9 Å². The lowest BCUT2D eigenvalue weighted by molar-refractivity contribution is -0.120. The second-order valence-electron chi connectivity index (χ2n) is 4.07. The van der Waals surface area contributed by atoms with Gasteiger partial charge in [0.15, 0.2) is 9.84 Å². The predicted molar refractivity (Wildman–Crippen MR) is 76.7 cm³/mol. The molecule has 6 heteroatoms. The van der Waals surface area contributed by atoms with Crippen LogP contribution in [0.3, 0.4) is 0 Å². The van der Waals surface area contributed by atoms with Crippen molar-refractivity contribution in [3.05, 3.63) is 47.5 Å². The number of halogens is 1. The number of amides is 1. The topological polar surface area (TPSA) is 63.2 Å². The summed E-state index contributed by atoms with van der Waals surface area (Å²) in [4.78, 5) is 11.8. The van der Waals surface area contributed by atoms with E-state index in [2.05, 4.69) is 11.9 Å². The Bertz CT molecular complexity index is 569. The van der Waals surface area contributed by atoms with Crippen LogP contribution < -0.4 is 5.32 Å². The number of rotatable bonds is 6. The maximum atomic E-state index is 11.8. The summed E-state index contributed by atoms with van der Waals surface area (Å²) in [5, 5.41) is 2.00. The molecular formula is C13H16ClNO3S. The van der Waals surface area contributed by atoms with Crippen LogP contribution in [0.1, 0.15) is 12.5 Å². The molecule has 0 fully saturated rings. The smallest absolute Gasteiger partial charge is 0.238 e. The molecule has 0 heterocycles. The zero-order valence-corrected chi connectivity index (χ0v) is 12.2. The Labute approximate surface area is 118 Å². The molecule has 1 rings (SSSR count). The van der Waals surface area contributed by atoms with Gasteiger partial charge in [0.2, 0.25) is 5.91 Å². The molecule has 104 valence electrons. The Morgan fingerprint density at radius 3 is 2.68 bits per heavy atom. The summed E-state index contributed by atoms with van der Waals surface area (Å²) < 4.78 is 23.4. The number of nitrogens with one attached hydrogen (secondary N) is 1. The number of carbonyl (C=O) groups excluding carboxylic acids is 1. The Morgan fingerprint density at radius 1 is 1.47 bits per heavy atom. The Balaban J connectivity index is 2.66. The molecule has 0 aliphatic heterocycles. The van der Waals surface area contributed by atoms with Crippen molar-refractivity contribution in [3.8, 4) is 0 Å². The SMILES string of the molecule is C=CCS(=O)(=O)C(C)C(=O)NCc1ccccc1Cl. The number of carbonyl (C=O) groups is 1. The third kappa shape index (κ3) is 4.36. The lowest BCUT2D eigenvalue weighted by Gasteiger charge is -2.12. The van der Waals surface area contributed by atoms with E-state index in [4.69, 9.17) is 11.6 Å². The van der Waals surface area contributed by atoms with Crippen LogP contribution in [-0.4, -0.2) is 25.3 Å². The molecule has 0 saturated heterocycles. The number of sulfone groups is 1. The molecule has 0 bridgehead atoms. The van der Waals surface area contributed by atoms with Crippen LogP contribution in [0.15, 0.2) is 36.9 Å². The second-order valence-corrected chi connectivity index (χ2v) is 6.84. The van der Waals surface area contributed by atoms with Gasteiger partial charge in [-0.15, -0.1) is 6.58 Å². The lowest BCUT2D eigenvalue weighted by Crippen LogP contribution is -2.38. The molecule has 0 spiro atoms. The summed E-state index contributed by atoms with van der Waals surface area (Å²) in [7, 11) is -3.49. The zero-order valence-electron chi connectivity index (χ0n) is 10.6. The van der Waals surface area contributed by atoms with Gasteiger partial charge in [-0.05, 0) is 18.6 Å². The quantitative estimate of drug-likeness (QED) is 0.817. The minimum atomic E-state index is -3.49. The fraction of sp³-hybridized carbons (Fsp3) is 0.308. The van der Waals surface area contributed by atoms with E-state index in [-0.39, 0.29) is 12.3 Å². The largest absolute Gasteiger partial charge is 0.351 e. The van der Waals surface area contributed by atoms with Gasteiger partial charge in [0.05, 0.1) is 5.75 Å². The molecule has 1 amide bonds. The zero-order chi connectivity index (χ0) is 14.5. The molecule has 0 radical (unpaired) electrons. The first-order valence-corrected chi connectivity index (χ1v) is 7.81. The predicted octanol–water partition coefficient (Wildman–Crippen LogP) is 1.95. The van der Waals surface area contributed by atoms with Crippen LogP contribution in [0.2, 0.25) is 5.02 Å². The average molecular weight is 302 g/mol. The van der Waals surface area contributed by atoms with Crippen molar-refractivity contribution in [2.45, 2.75) is 18.7 Å². The molecule has 0 aromatic heterocycles. The molecule has 1 atom stereocenters. The normalized spacial score (nSPS) is 12.7. The summed E-state index contributed by atoms with van der Waals surface area (Å²) in [5.74, 6) is -0.755. The molecule has 1 aromatic rings. The van der Waals surface area contributed by atoms with Gasteiger partial charge >= 0.3 is 0 Å². The third-order valence-corrected chi connectivity index (χ3v) is 5.03. The number of hydrogen-bond acceptors (Lipinski definition) is 3. The van der Waals surface area contributed by atoms with E-state index in [1.165, 1.54) is 13.0 Å². The van der Waals surface area contributed by atoms with Crippen LogP contribution in [0.5, 0.6) is 0 Å². The fourth-order valence-electron chi connectivity index (χ4n) is 1.44. The summed E-state index contributed by atoms with van der Waals surface area (Å²) in [6, 6.07) is 7.06. The van der Waals surface area contributed by atoms with E-state index in [1.807, 2.05) is 0 Å². The summed E-state index contributed by atoms with van der Waals surface area (Å²) in [5.41, 5.74) is 0.742. The van der Waals surface area contributed by atoms with Gasteiger partial charge in [0.25, 0.3) is 0 Å². The number of benzene rings is 1. The van der Waals surface area contributed by atoms with Gasteiger partial charge in [-0.3, -0.25) is 4.79 Å². The Hall–Kier alpha value is -1.33. The Kier molecular flexibility index (Phi) is 5.57. The molecule has 1 unspecified atom stereocenters. The summed E-state index contributed by atoms with van der Waals surface area (Å²) in [6.45, 7) is 4.93. The van der Waals surface area contributed by atoms with E-state index >= 15 is 0 Å². The summed E-state index contributed by atoms with van der Waals surface area (Å²) >= 11 is 5.94. The highest BCUT2D eigenvalue weighted by molar-refractivity contribution is 7.92. The molecular weight excluding hydrogens is 286 g/mol. The van der Waals surface area contributed by atoms with Gasteiger partial charge < -0.3 is 5.32 Å². The van der Waals surface area contributed by atoms with Crippen LogP contribution >= 0.6 is 11.6 Å². The third-order valence-electron chi connectivity index (χ3n) is 2.67. The van der Waals surface area contributed by atoms with Crippen molar-refractivity contribution in [2.75, 3.05) is 5.75 Å². The molecule has 0 saturated carbocycles. The maximum absolute atomic E-state index is 11.8. The monoisotopic (exact) mass is 301 g/mol. The standard InChI is InChI=1S/C13H16ClNO3S/c1-3-8-19(17,18)10(2)13(16)15-9-11-6-4-5-7-12(11)14/h3-7,10H,1,8-9H2,2H3,(H,15,16). The fourth-order valence-corrected chi connectivity index (χ4v) is 2.67. The van der Waals surface area contributed by atoms with E-state index < -0.39 is 21.0 Å². The first kappa shape index (κ1) is 15.7. The van der Waals surface area contributed by atoms with Crippen molar-refractivity contribution in [3.63, 3.8) is 0 Å². The minimum Gasteiger partial charge on any atom is -0.351 e. The van der Waals surface area contributed by atoms with Gasteiger partial charge in [0.1, 0.15) is 5.25 Å². The van der Waals surface area contributed by atoms with Crippen LogP contribution in [0, 0.1) is 0 Å². The molecule has 4 nitrogen and oxygen atoms in total. The van der Waals surface area contributed by atoms with E-state index in [1.54, 1.807) is 24.3 Å². The molecule has 1 N–H and O–H groups in total.